The molecule has 0 atom stereocenters. The van der Waals surface area contributed by atoms with Crippen molar-refractivity contribution in [3.05, 3.63) is 75.8 Å². The first-order valence-electron chi connectivity index (χ1n) is 10.8. The lowest BCUT2D eigenvalue weighted by molar-refractivity contribution is 0.247. The van der Waals surface area contributed by atoms with Gasteiger partial charge < -0.3 is 4.74 Å². The minimum absolute atomic E-state index is 0.787. The topological polar surface area (TPSA) is 12.5 Å². The molecule has 0 aromatic heterocycles. The Bertz CT molecular complexity index is 891. The maximum absolute atomic E-state index is 6.10. The Labute approximate surface area is 179 Å². The lowest BCUT2D eigenvalue weighted by Crippen LogP contribution is -2.32. The number of rotatable bonds is 5. The monoisotopic (exact) mass is 407 g/mol. The van der Waals surface area contributed by atoms with Crippen molar-refractivity contribution in [2.45, 2.75) is 38.5 Å². The van der Waals surface area contributed by atoms with E-state index in [-0.39, 0.29) is 0 Å². The average molecular weight is 408 g/mol. The summed E-state index contributed by atoms with van der Waals surface area (Å²) in [5.41, 5.74) is 6.90. The van der Waals surface area contributed by atoms with E-state index in [4.69, 9.17) is 16.3 Å². The van der Waals surface area contributed by atoms with Crippen LogP contribution in [0.15, 0.2) is 59.7 Å². The Hall–Kier alpha value is -2.03. The molecule has 29 heavy (non-hydrogen) atoms. The van der Waals surface area contributed by atoms with Crippen molar-refractivity contribution in [1.29, 1.82) is 0 Å². The van der Waals surface area contributed by atoms with Crippen LogP contribution in [0.4, 0.5) is 0 Å². The Morgan fingerprint density at radius 3 is 2.45 bits per heavy atom. The van der Waals surface area contributed by atoms with E-state index in [2.05, 4.69) is 47.4 Å². The highest BCUT2D eigenvalue weighted by Crippen LogP contribution is 2.40. The van der Waals surface area contributed by atoms with E-state index >= 15 is 0 Å². The van der Waals surface area contributed by atoms with E-state index < -0.39 is 0 Å². The van der Waals surface area contributed by atoms with Crippen LogP contribution in [0.3, 0.4) is 0 Å². The van der Waals surface area contributed by atoms with Crippen molar-refractivity contribution in [2.24, 2.45) is 0 Å². The predicted molar refractivity (Wildman–Crippen MR) is 123 cm³/mol. The van der Waals surface area contributed by atoms with Gasteiger partial charge in [0.15, 0.2) is 0 Å². The summed E-state index contributed by atoms with van der Waals surface area (Å²) in [5, 5.41) is 0.787. The summed E-state index contributed by atoms with van der Waals surface area (Å²) < 4.78 is 5.72. The summed E-state index contributed by atoms with van der Waals surface area (Å²) >= 11 is 6.10. The molecule has 1 fully saturated rings. The van der Waals surface area contributed by atoms with Crippen molar-refractivity contribution >= 4 is 23.3 Å². The standard InChI is InChI=1S/C26H30ClNO/c1-29-26-11-4-3-9-24(26)23-10-7-8-21(18-20-12-14-22(27)15-13-20)25(23)19-28-16-5-2-6-17-28/h3-4,9,11-15,18H,2,5-8,10,16-17,19H2,1H3/b21-18+. The number of para-hydroxylation sites is 1. The highest BCUT2D eigenvalue weighted by atomic mass is 35.5. The summed E-state index contributed by atoms with van der Waals surface area (Å²) in [6.45, 7) is 3.45. The molecule has 2 aliphatic rings. The second kappa shape index (κ2) is 9.65. The van der Waals surface area contributed by atoms with Gasteiger partial charge in [-0.05, 0) is 85.7 Å². The molecule has 0 saturated carbocycles. The lowest BCUT2D eigenvalue weighted by atomic mass is 9.82. The van der Waals surface area contributed by atoms with E-state index in [0.29, 0.717) is 0 Å². The van der Waals surface area contributed by atoms with Crippen LogP contribution >= 0.6 is 11.6 Å². The Kier molecular flexibility index (Phi) is 6.74. The number of ether oxygens (including phenoxy) is 1. The zero-order valence-electron chi connectivity index (χ0n) is 17.3. The molecule has 1 aliphatic heterocycles. The number of piperidine rings is 1. The smallest absolute Gasteiger partial charge is 0.126 e. The van der Waals surface area contributed by atoms with Crippen molar-refractivity contribution in [1.82, 2.24) is 4.90 Å². The van der Waals surface area contributed by atoms with Gasteiger partial charge in [0.05, 0.1) is 7.11 Å². The lowest BCUT2D eigenvalue weighted by Gasteiger charge is -2.32. The molecule has 0 N–H and O–H groups in total. The van der Waals surface area contributed by atoms with E-state index in [1.807, 2.05) is 12.1 Å². The predicted octanol–water partition coefficient (Wildman–Crippen LogP) is 6.86. The van der Waals surface area contributed by atoms with Crippen LogP contribution in [0, 0.1) is 0 Å². The molecule has 152 valence electrons. The van der Waals surface area contributed by atoms with Gasteiger partial charge in [-0.15, -0.1) is 0 Å². The summed E-state index contributed by atoms with van der Waals surface area (Å²) in [6, 6.07) is 16.7. The Morgan fingerprint density at radius 1 is 0.931 bits per heavy atom. The van der Waals surface area contributed by atoms with Gasteiger partial charge in [0.25, 0.3) is 0 Å². The highest BCUT2D eigenvalue weighted by Gasteiger charge is 2.23. The van der Waals surface area contributed by atoms with Crippen LogP contribution in [-0.2, 0) is 0 Å². The summed E-state index contributed by atoms with van der Waals surface area (Å²) in [6.07, 6.45) is 9.77. The van der Waals surface area contributed by atoms with E-state index in [1.165, 1.54) is 66.6 Å². The first-order chi connectivity index (χ1) is 14.2. The quantitative estimate of drug-likeness (QED) is 0.537. The first kappa shape index (κ1) is 20.3. The van der Waals surface area contributed by atoms with Crippen molar-refractivity contribution in [3.8, 4) is 5.75 Å². The van der Waals surface area contributed by atoms with Gasteiger partial charge in [-0.1, -0.05) is 54.4 Å². The second-order valence-corrected chi connectivity index (χ2v) is 8.51. The van der Waals surface area contributed by atoms with Gasteiger partial charge in [-0.3, -0.25) is 4.90 Å². The van der Waals surface area contributed by atoms with Crippen LogP contribution in [0.5, 0.6) is 5.75 Å². The molecule has 1 heterocycles. The third-order valence-corrected chi connectivity index (χ3v) is 6.35. The van der Waals surface area contributed by atoms with Gasteiger partial charge in [-0.25, -0.2) is 0 Å². The number of hydrogen-bond donors (Lipinski definition) is 0. The second-order valence-electron chi connectivity index (χ2n) is 8.07. The highest BCUT2D eigenvalue weighted by molar-refractivity contribution is 6.30. The number of benzene rings is 2. The molecule has 0 spiro atoms. The SMILES string of the molecule is COc1ccccc1C1=C(CN2CCCCC2)/C(=C/c2ccc(Cl)cc2)CCC1. The maximum atomic E-state index is 6.10. The van der Waals surface area contributed by atoms with Gasteiger partial charge >= 0.3 is 0 Å². The van der Waals surface area contributed by atoms with Gasteiger partial charge in [0, 0.05) is 17.1 Å². The Morgan fingerprint density at radius 2 is 1.69 bits per heavy atom. The van der Waals surface area contributed by atoms with Crippen molar-refractivity contribution in [2.75, 3.05) is 26.7 Å². The number of halogens is 1. The van der Waals surface area contributed by atoms with E-state index in [0.717, 1.165) is 30.2 Å². The van der Waals surface area contributed by atoms with Gasteiger partial charge in [0.1, 0.15) is 5.75 Å². The van der Waals surface area contributed by atoms with E-state index in [1.54, 1.807) is 7.11 Å². The number of likely N-dealkylation sites (tertiary alicyclic amines) is 1. The Balaban J connectivity index is 1.77. The molecule has 0 bridgehead atoms. The number of nitrogens with zero attached hydrogens (tertiary/aromatic N) is 1. The first-order valence-corrected chi connectivity index (χ1v) is 11.2. The van der Waals surface area contributed by atoms with Crippen LogP contribution in [0.2, 0.25) is 5.02 Å². The maximum Gasteiger partial charge on any atom is 0.126 e. The zero-order chi connectivity index (χ0) is 20.1. The molecular weight excluding hydrogens is 378 g/mol. The molecule has 0 unspecified atom stereocenters. The number of hydrogen-bond acceptors (Lipinski definition) is 2. The molecule has 1 aliphatic carbocycles. The van der Waals surface area contributed by atoms with Gasteiger partial charge in [0.2, 0.25) is 0 Å². The molecule has 1 saturated heterocycles. The van der Waals surface area contributed by atoms with Crippen LogP contribution < -0.4 is 4.74 Å². The third kappa shape index (κ3) is 4.94. The fourth-order valence-corrected chi connectivity index (χ4v) is 4.73. The van der Waals surface area contributed by atoms with Crippen LogP contribution in [0.1, 0.15) is 49.7 Å². The van der Waals surface area contributed by atoms with E-state index in [9.17, 15) is 0 Å². The number of methoxy groups -OCH3 is 1. The summed E-state index contributed by atoms with van der Waals surface area (Å²) in [7, 11) is 1.77. The molecule has 3 heteroatoms. The summed E-state index contributed by atoms with van der Waals surface area (Å²) in [5.74, 6) is 0.978. The summed E-state index contributed by atoms with van der Waals surface area (Å²) in [4.78, 5) is 2.63. The molecular formula is C26H30ClNO. The molecule has 0 radical (unpaired) electrons. The molecule has 0 amide bonds. The van der Waals surface area contributed by atoms with Crippen molar-refractivity contribution in [3.63, 3.8) is 0 Å². The minimum atomic E-state index is 0.787. The van der Waals surface area contributed by atoms with Crippen molar-refractivity contribution < 1.29 is 4.74 Å². The number of allylic oxidation sites excluding steroid dienone is 1. The fraction of sp³-hybridized carbons (Fsp3) is 0.385. The largest absolute Gasteiger partial charge is 0.496 e. The average Bonchev–Trinajstić information content (AvgIpc) is 2.77. The normalized spacial score (nSPS) is 19.6. The molecule has 4 rings (SSSR count). The minimum Gasteiger partial charge on any atom is -0.496 e. The van der Waals surface area contributed by atoms with Crippen LogP contribution in [-0.4, -0.2) is 31.6 Å². The zero-order valence-corrected chi connectivity index (χ0v) is 18.0. The molecule has 2 nitrogen and oxygen atoms in total. The molecule has 2 aromatic carbocycles. The van der Waals surface area contributed by atoms with Crippen LogP contribution in [0.25, 0.3) is 11.6 Å². The fourth-order valence-electron chi connectivity index (χ4n) is 4.60. The third-order valence-electron chi connectivity index (χ3n) is 6.10. The molecule has 2 aromatic rings. The van der Waals surface area contributed by atoms with Gasteiger partial charge in [-0.2, -0.15) is 0 Å².